The fourth-order valence-corrected chi connectivity index (χ4v) is 3.47. The maximum absolute atomic E-state index is 11.9. The summed E-state index contributed by atoms with van der Waals surface area (Å²) in [6.45, 7) is 1.96. The van der Waals surface area contributed by atoms with E-state index in [1.807, 2.05) is 11.0 Å². The van der Waals surface area contributed by atoms with Gasteiger partial charge >= 0.3 is 0 Å². The number of hydrogen-bond donors (Lipinski definition) is 0. The first-order valence-electron chi connectivity index (χ1n) is 9.73. The van der Waals surface area contributed by atoms with Crippen LogP contribution in [-0.4, -0.2) is 38.1 Å². The van der Waals surface area contributed by atoms with E-state index in [1.54, 1.807) is 14.2 Å². The third-order valence-corrected chi connectivity index (χ3v) is 5.01. The van der Waals surface area contributed by atoms with Gasteiger partial charge in [0.25, 0.3) is 0 Å². The number of carbonyl (C=O) groups is 1. The highest BCUT2D eigenvalue weighted by Crippen LogP contribution is 2.28. The Kier molecular flexibility index (Phi) is 8.64. The van der Waals surface area contributed by atoms with E-state index >= 15 is 0 Å². The number of carbonyl (C=O) groups excluding carboxylic acids is 1. The van der Waals surface area contributed by atoms with Crippen LogP contribution in [-0.2, 0) is 11.2 Å². The molecule has 0 aliphatic carbocycles. The lowest BCUT2D eigenvalue weighted by Gasteiger charge is -2.14. The second-order valence-electron chi connectivity index (χ2n) is 6.90. The number of ether oxygens (including phenoxy) is 2. The lowest BCUT2D eigenvalue weighted by Crippen LogP contribution is -2.27. The first kappa shape index (κ1) is 19.6. The van der Waals surface area contributed by atoms with Gasteiger partial charge < -0.3 is 14.4 Å². The van der Waals surface area contributed by atoms with Crippen molar-refractivity contribution in [2.24, 2.45) is 0 Å². The number of hydrogen-bond acceptors (Lipinski definition) is 3. The van der Waals surface area contributed by atoms with E-state index in [9.17, 15) is 4.79 Å². The summed E-state index contributed by atoms with van der Waals surface area (Å²) in [7, 11) is 3.34. The molecule has 0 aromatic heterocycles. The SMILES string of the molecule is COc1ccc(CCCCCCCCC(=O)N2CCCC2)cc1OC. The number of amides is 1. The molecule has 2 rings (SSSR count). The smallest absolute Gasteiger partial charge is 0.222 e. The van der Waals surface area contributed by atoms with E-state index in [0.29, 0.717) is 5.91 Å². The standard InChI is InChI=1S/C21H33NO3/c1-24-19-14-13-18(17-20(19)25-2)11-7-5-3-4-6-8-12-21(23)22-15-9-10-16-22/h13-14,17H,3-12,15-16H2,1-2H3. The molecule has 4 heteroatoms. The molecule has 0 spiro atoms. The minimum absolute atomic E-state index is 0.367. The van der Waals surface area contributed by atoms with Crippen LogP contribution in [0.25, 0.3) is 0 Å². The van der Waals surface area contributed by atoms with Crippen LogP contribution < -0.4 is 9.47 Å². The summed E-state index contributed by atoms with van der Waals surface area (Å²) in [5.41, 5.74) is 1.30. The monoisotopic (exact) mass is 347 g/mol. The van der Waals surface area contributed by atoms with Gasteiger partial charge in [0.1, 0.15) is 0 Å². The Morgan fingerprint density at radius 2 is 1.56 bits per heavy atom. The predicted molar refractivity (Wildman–Crippen MR) is 101 cm³/mol. The molecular formula is C21H33NO3. The molecule has 0 unspecified atom stereocenters. The maximum Gasteiger partial charge on any atom is 0.222 e. The Balaban J connectivity index is 1.51. The number of likely N-dealkylation sites (tertiary alicyclic amines) is 1. The van der Waals surface area contributed by atoms with Gasteiger partial charge in [0.15, 0.2) is 11.5 Å². The molecule has 0 radical (unpaired) electrons. The van der Waals surface area contributed by atoms with Crippen molar-refractivity contribution < 1.29 is 14.3 Å². The molecular weight excluding hydrogens is 314 g/mol. The molecule has 1 saturated heterocycles. The molecule has 1 aliphatic rings. The van der Waals surface area contributed by atoms with Crippen LogP contribution in [0.4, 0.5) is 0 Å². The van der Waals surface area contributed by atoms with Crippen molar-refractivity contribution in [2.45, 2.75) is 64.2 Å². The highest BCUT2D eigenvalue weighted by Gasteiger charge is 2.16. The summed E-state index contributed by atoms with van der Waals surface area (Å²) < 4.78 is 10.6. The zero-order chi connectivity index (χ0) is 17.9. The van der Waals surface area contributed by atoms with Crippen molar-refractivity contribution in [3.63, 3.8) is 0 Å². The van der Waals surface area contributed by atoms with Crippen LogP contribution in [0.2, 0.25) is 0 Å². The summed E-state index contributed by atoms with van der Waals surface area (Å²) in [5, 5.41) is 0. The Hall–Kier alpha value is -1.71. The molecule has 140 valence electrons. The van der Waals surface area contributed by atoms with E-state index in [2.05, 4.69) is 12.1 Å². The molecule has 1 fully saturated rings. The first-order chi connectivity index (χ1) is 12.2. The van der Waals surface area contributed by atoms with Crippen molar-refractivity contribution in [3.05, 3.63) is 23.8 Å². The molecule has 1 aromatic carbocycles. The lowest BCUT2D eigenvalue weighted by atomic mass is 10.0. The summed E-state index contributed by atoms with van der Waals surface area (Å²) >= 11 is 0. The van der Waals surface area contributed by atoms with E-state index in [0.717, 1.165) is 43.9 Å². The average Bonchev–Trinajstić information content (AvgIpc) is 3.18. The molecule has 1 heterocycles. The van der Waals surface area contributed by atoms with Crippen LogP contribution in [0.15, 0.2) is 18.2 Å². The molecule has 1 aromatic rings. The third-order valence-electron chi connectivity index (χ3n) is 5.01. The van der Waals surface area contributed by atoms with Gasteiger partial charge in [-0.3, -0.25) is 4.79 Å². The number of nitrogens with zero attached hydrogens (tertiary/aromatic N) is 1. The maximum atomic E-state index is 11.9. The highest BCUT2D eigenvalue weighted by atomic mass is 16.5. The van der Waals surface area contributed by atoms with Crippen molar-refractivity contribution in [1.82, 2.24) is 4.90 Å². The Morgan fingerprint density at radius 3 is 2.24 bits per heavy atom. The van der Waals surface area contributed by atoms with Gasteiger partial charge in [-0.1, -0.05) is 31.7 Å². The highest BCUT2D eigenvalue weighted by molar-refractivity contribution is 5.76. The van der Waals surface area contributed by atoms with Crippen LogP contribution in [0.5, 0.6) is 11.5 Å². The lowest BCUT2D eigenvalue weighted by molar-refractivity contribution is -0.130. The minimum atomic E-state index is 0.367. The minimum Gasteiger partial charge on any atom is -0.493 e. The van der Waals surface area contributed by atoms with Crippen LogP contribution >= 0.6 is 0 Å². The Labute approximate surface area is 152 Å². The summed E-state index contributed by atoms with van der Waals surface area (Å²) in [5.74, 6) is 1.96. The van der Waals surface area contributed by atoms with Gasteiger partial charge in [0.05, 0.1) is 14.2 Å². The number of unbranched alkanes of at least 4 members (excludes halogenated alkanes) is 5. The van der Waals surface area contributed by atoms with E-state index < -0.39 is 0 Å². The Morgan fingerprint density at radius 1 is 0.920 bits per heavy atom. The fraction of sp³-hybridized carbons (Fsp3) is 0.667. The number of aryl methyl sites for hydroxylation is 1. The van der Waals surface area contributed by atoms with Crippen LogP contribution in [0, 0.1) is 0 Å². The van der Waals surface area contributed by atoms with Gasteiger partial charge in [0.2, 0.25) is 5.91 Å². The second-order valence-corrected chi connectivity index (χ2v) is 6.90. The molecule has 4 nitrogen and oxygen atoms in total. The van der Waals surface area contributed by atoms with Crippen molar-refractivity contribution >= 4 is 5.91 Å². The topological polar surface area (TPSA) is 38.8 Å². The Bertz CT molecular complexity index is 524. The summed E-state index contributed by atoms with van der Waals surface area (Å²) in [6, 6.07) is 6.17. The quantitative estimate of drug-likeness (QED) is 0.549. The summed E-state index contributed by atoms with van der Waals surface area (Å²) in [6.07, 6.45) is 11.3. The van der Waals surface area contributed by atoms with Crippen molar-refractivity contribution in [1.29, 1.82) is 0 Å². The van der Waals surface area contributed by atoms with Crippen LogP contribution in [0.3, 0.4) is 0 Å². The number of benzene rings is 1. The van der Waals surface area contributed by atoms with E-state index in [4.69, 9.17) is 9.47 Å². The zero-order valence-corrected chi connectivity index (χ0v) is 15.9. The van der Waals surface area contributed by atoms with Gasteiger partial charge in [-0.2, -0.15) is 0 Å². The molecule has 1 aliphatic heterocycles. The molecule has 0 atom stereocenters. The molecule has 0 bridgehead atoms. The van der Waals surface area contributed by atoms with E-state index in [1.165, 1.54) is 50.5 Å². The van der Waals surface area contributed by atoms with Crippen LogP contribution in [0.1, 0.15) is 63.4 Å². The van der Waals surface area contributed by atoms with Gasteiger partial charge in [-0.25, -0.2) is 0 Å². The largest absolute Gasteiger partial charge is 0.493 e. The van der Waals surface area contributed by atoms with Gasteiger partial charge in [-0.15, -0.1) is 0 Å². The van der Waals surface area contributed by atoms with Crippen molar-refractivity contribution in [2.75, 3.05) is 27.3 Å². The number of methoxy groups -OCH3 is 2. The zero-order valence-electron chi connectivity index (χ0n) is 15.9. The van der Waals surface area contributed by atoms with Crippen molar-refractivity contribution in [3.8, 4) is 11.5 Å². The van der Waals surface area contributed by atoms with Gasteiger partial charge in [0, 0.05) is 19.5 Å². The fourth-order valence-electron chi connectivity index (χ4n) is 3.47. The average molecular weight is 347 g/mol. The molecule has 0 saturated carbocycles. The first-order valence-corrected chi connectivity index (χ1v) is 9.73. The van der Waals surface area contributed by atoms with Gasteiger partial charge in [-0.05, 0) is 49.8 Å². The molecule has 25 heavy (non-hydrogen) atoms. The normalized spacial score (nSPS) is 13.9. The molecule has 1 amide bonds. The second kappa shape index (κ2) is 11.0. The molecule has 0 N–H and O–H groups in total. The van der Waals surface area contributed by atoms with E-state index in [-0.39, 0.29) is 0 Å². The third kappa shape index (κ3) is 6.60. The number of rotatable bonds is 11. The summed E-state index contributed by atoms with van der Waals surface area (Å²) in [4.78, 5) is 14.0. The predicted octanol–water partition coefficient (Wildman–Crippen LogP) is 4.60.